The lowest BCUT2D eigenvalue weighted by Crippen LogP contribution is -2.31. The van der Waals surface area contributed by atoms with Gasteiger partial charge in [0.25, 0.3) is 5.91 Å². The lowest BCUT2D eigenvalue weighted by atomic mass is 10.1. The van der Waals surface area contributed by atoms with Gasteiger partial charge in [-0.25, -0.2) is 4.79 Å². The number of rotatable bonds is 6. The Morgan fingerprint density at radius 1 is 1.19 bits per heavy atom. The van der Waals surface area contributed by atoms with Crippen molar-refractivity contribution in [2.45, 2.75) is 18.6 Å². The molecular formula is C22H21NO3S. The van der Waals surface area contributed by atoms with Gasteiger partial charge in [0.15, 0.2) is 0 Å². The van der Waals surface area contributed by atoms with E-state index in [1.54, 1.807) is 18.2 Å². The fourth-order valence-corrected chi connectivity index (χ4v) is 4.33. The maximum atomic E-state index is 13.1. The van der Waals surface area contributed by atoms with Crippen molar-refractivity contribution in [2.75, 3.05) is 6.54 Å². The van der Waals surface area contributed by atoms with Crippen LogP contribution in [-0.4, -0.2) is 28.4 Å². The molecule has 1 aliphatic rings. The summed E-state index contributed by atoms with van der Waals surface area (Å²) in [6, 6.07) is 17.1. The third-order valence-corrected chi connectivity index (χ3v) is 5.82. The van der Waals surface area contributed by atoms with Gasteiger partial charge in [-0.15, -0.1) is 18.3 Å². The normalized spacial score (nSPS) is 16.3. The second-order valence-electron chi connectivity index (χ2n) is 6.37. The Morgan fingerprint density at radius 3 is 2.44 bits per heavy atom. The predicted octanol–water partition coefficient (Wildman–Crippen LogP) is 4.80. The van der Waals surface area contributed by atoms with Gasteiger partial charge in [-0.1, -0.05) is 54.1 Å². The zero-order valence-electron chi connectivity index (χ0n) is 15.1. The van der Waals surface area contributed by atoms with Gasteiger partial charge < -0.3 is 10.0 Å². The second kappa shape index (κ2) is 8.27. The molecule has 1 N–H and O–H groups in total. The highest BCUT2D eigenvalue weighted by Gasteiger charge is 2.35. The summed E-state index contributed by atoms with van der Waals surface area (Å²) >= 11 is 1.30. The molecule has 5 heteroatoms. The third-order valence-electron chi connectivity index (χ3n) is 4.45. The first-order valence-electron chi connectivity index (χ1n) is 8.68. The van der Waals surface area contributed by atoms with Crippen molar-refractivity contribution >= 4 is 23.6 Å². The van der Waals surface area contributed by atoms with Crippen LogP contribution in [0.3, 0.4) is 0 Å². The molecule has 2 aromatic rings. The van der Waals surface area contributed by atoms with Crippen LogP contribution in [0.1, 0.15) is 33.2 Å². The van der Waals surface area contributed by atoms with E-state index in [-0.39, 0.29) is 22.6 Å². The average molecular weight is 379 g/mol. The van der Waals surface area contributed by atoms with Crippen molar-refractivity contribution in [3.63, 3.8) is 0 Å². The fraction of sp³-hybridized carbons (Fsp3) is 0.182. The number of hydrogen-bond acceptors (Lipinski definition) is 3. The van der Waals surface area contributed by atoms with E-state index in [4.69, 9.17) is 0 Å². The van der Waals surface area contributed by atoms with Gasteiger partial charge in [-0.2, -0.15) is 0 Å². The first-order chi connectivity index (χ1) is 13.0. The SMILES string of the molecule is C=CCN(C(=O)c1ccc(C)cc1)C1=C(C(=O)O)SC(c2ccccc2)C1. The molecule has 1 amide bonds. The molecule has 0 fully saturated rings. The topological polar surface area (TPSA) is 57.6 Å². The molecule has 138 valence electrons. The van der Waals surface area contributed by atoms with Crippen molar-refractivity contribution in [3.8, 4) is 0 Å². The minimum Gasteiger partial charge on any atom is -0.477 e. The van der Waals surface area contributed by atoms with Crippen molar-refractivity contribution in [1.82, 2.24) is 4.90 Å². The van der Waals surface area contributed by atoms with E-state index in [1.165, 1.54) is 16.7 Å². The molecule has 0 aliphatic carbocycles. The Bertz CT molecular complexity index is 888. The van der Waals surface area contributed by atoms with Crippen LogP contribution in [0, 0.1) is 6.92 Å². The van der Waals surface area contributed by atoms with Crippen LogP contribution in [0.5, 0.6) is 0 Å². The number of carbonyl (C=O) groups excluding carboxylic acids is 1. The maximum absolute atomic E-state index is 13.1. The molecule has 1 atom stereocenters. The van der Waals surface area contributed by atoms with Crippen LogP contribution in [0.2, 0.25) is 0 Å². The highest BCUT2D eigenvalue weighted by Crippen LogP contribution is 2.48. The Kier molecular flexibility index (Phi) is 5.81. The minimum absolute atomic E-state index is 0.0227. The zero-order chi connectivity index (χ0) is 19.4. The Balaban J connectivity index is 1.95. The quantitative estimate of drug-likeness (QED) is 0.733. The lowest BCUT2D eigenvalue weighted by Gasteiger charge is -2.23. The largest absolute Gasteiger partial charge is 0.477 e. The number of carbonyl (C=O) groups is 2. The number of aryl methyl sites for hydroxylation is 1. The molecular weight excluding hydrogens is 358 g/mol. The van der Waals surface area contributed by atoms with E-state index in [0.29, 0.717) is 17.7 Å². The number of amides is 1. The van der Waals surface area contributed by atoms with Gasteiger partial charge in [0, 0.05) is 29.5 Å². The van der Waals surface area contributed by atoms with E-state index in [0.717, 1.165) is 11.1 Å². The molecule has 1 aliphatic heterocycles. The summed E-state index contributed by atoms with van der Waals surface area (Å²) < 4.78 is 0. The number of carboxylic acid groups (broad SMARTS) is 1. The van der Waals surface area contributed by atoms with Crippen LogP contribution in [0.4, 0.5) is 0 Å². The smallest absolute Gasteiger partial charge is 0.343 e. The highest BCUT2D eigenvalue weighted by molar-refractivity contribution is 8.04. The van der Waals surface area contributed by atoms with Gasteiger partial charge >= 0.3 is 5.97 Å². The summed E-state index contributed by atoms with van der Waals surface area (Å²) in [4.78, 5) is 26.7. The van der Waals surface area contributed by atoms with Gasteiger partial charge in [-0.3, -0.25) is 4.79 Å². The summed E-state index contributed by atoms with van der Waals surface area (Å²) in [7, 11) is 0. The van der Waals surface area contributed by atoms with Crippen molar-refractivity contribution in [3.05, 3.63) is 94.5 Å². The van der Waals surface area contributed by atoms with Crippen LogP contribution in [-0.2, 0) is 4.79 Å². The second-order valence-corrected chi connectivity index (χ2v) is 7.59. The summed E-state index contributed by atoms with van der Waals surface area (Å²) in [6.45, 7) is 5.96. The molecule has 0 saturated carbocycles. The van der Waals surface area contributed by atoms with Crippen molar-refractivity contribution in [2.24, 2.45) is 0 Å². The number of allylic oxidation sites excluding steroid dienone is 1. The molecule has 0 saturated heterocycles. The molecule has 1 unspecified atom stereocenters. The molecule has 0 radical (unpaired) electrons. The predicted molar refractivity (Wildman–Crippen MR) is 108 cm³/mol. The zero-order valence-corrected chi connectivity index (χ0v) is 15.9. The lowest BCUT2D eigenvalue weighted by molar-refractivity contribution is -0.131. The summed E-state index contributed by atoms with van der Waals surface area (Å²) in [5, 5.41) is 9.69. The fourth-order valence-electron chi connectivity index (χ4n) is 3.08. The maximum Gasteiger partial charge on any atom is 0.343 e. The highest BCUT2D eigenvalue weighted by atomic mass is 32.2. The number of nitrogens with zero attached hydrogens (tertiary/aromatic N) is 1. The Hall–Kier alpha value is -2.79. The van der Waals surface area contributed by atoms with Gasteiger partial charge in [0.05, 0.1) is 0 Å². The Labute approximate surface area is 163 Å². The molecule has 0 spiro atoms. The van der Waals surface area contributed by atoms with E-state index < -0.39 is 5.97 Å². The van der Waals surface area contributed by atoms with Crippen LogP contribution >= 0.6 is 11.8 Å². The van der Waals surface area contributed by atoms with Crippen molar-refractivity contribution < 1.29 is 14.7 Å². The molecule has 0 bridgehead atoms. The number of thioether (sulfide) groups is 1. The summed E-state index contributed by atoms with van der Waals surface area (Å²) in [5.41, 5.74) is 3.20. The molecule has 1 heterocycles. The molecule has 27 heavy (non-hydrogen) atoms. The van der Waals surface area contributed by atoms with E-state index in [1.807, 2.05) is 49.4 Å². The first kappa shape index (κ1) is 19.0. The summed E-state index contributed by atoms with van der Waals surface area (Å²) in [6.07, 6.45) is 2.11. The summed E-state index contributed by atoms with van der Waals surface area (Å²) in [5.74, 6) is -1.21. The average Bonchev–Trinajstić information content (AvgIpc) is 3.12. The van der Waals surface area contributed by atoms with Crippen molar-refractivity contribution in [1.29, 1.82) is 0 Å². The Morgan fingerprint density at radius 2 is 1.85 bits per heavy atom. The van der Waals surface area contributed by atoms with Gasteiger partial charge in [0.2, 0.25) is 0 Å². The van der Waals surface area contributed by atoms with Gasteiger partial charge in [-0.05, 0) is 24.6 Å². The first-order valence-corrected chi connectivity index (χ1v) is 9.56. The number of aliphatic carboxylic acids is 1. The monoisotopic (exact) mass is 379 g/mol. The molecule has 2 aromatic carbocycles. The number of benzene rings is 2. The molecule has 0 aromatic heterocycles. The number of carboxylic acids is 1. The van der Waals surface area contributed by atoms with E-state index >= 15 is 0 Å². The third kappa shape index (κ3) is 4.14. The minimum atomic E-state index is -1.00. The molecule has 3 rings (SSSR count). The standard InChI is InChI=1S/C22H21NO3S/c1-3-13-23(21(24)17-11-9-15(2)10-12-17)18-14-19(27-20(18)22(25)26)16-7-5-4-6-8-16/h3-12,19H,1,13-14H2,2H3,(H,25,26). The van der Waals surface area contributed by atoms with E-state index in [9.17, 15) is 14.7 Å². The van der Waals surface area contributed by atoms with Gasteiger partial charge in [0.1, 0.15) is 4.91 Å². The van der Waals surface area contributed by atoms with Crippen LogP contribution < -0.4 is 0 Å². The number of hydrogen-bond donors (Lipinski definition) is 1. The van der Waals surface area contributed by atoms with Crippen LogP contribution in [0.25, 0.3) is 0 Å². The molecule has 4 nitrogen and oxygen atoms in total. The van der Waals surface area contributed by atoms with E-state index in [2.05, 4.69) is 6.58 Å². The van der Waals surface area contributed by atoms with Crippen LogP contribution in [0.15, 0.2) is 77.9 Å².